The molecular formula is C14H21BrO2. The van der Waals surface area contributed by atoms with Crippen molar-refractivity contribution in [2.75, 3.05) is 13.2 Å². The van der Waals surface area contributed by atoms with Crippen LogP contribution in [0.3, 0.4) is 0 Å². The molecular weight excluding hydrogens is 280 g/mol. The lowest BCUT2D eigenvalue weighted by Gasteiger charge is -2.12. The first-order valence-corrected chi connectivity index (χ1v) is 7.11. The van der Waals surface area contributed by atoms with Crippen molar-refractivity contribution in [3.05, 3.63) is 23.8 Å². The number of aryl methyl sites for hydroxylation is 1. The van der Waals surface area contributed by atoms with Crippen LogP contribution in [0.15, 0.2) is 18.2 Å². The molecule has 0 heterocycles. The van der Waals surface area contributed by atoms with Gasteiger partial charge in [-0.2, -0.15) is 0 Å². The van der Waals surface area contributed by atoms with Gasteiger partial charge in [-0.1, -0.05) is 28.9 Å². The predicted octanol–water partition coefficient (Wildman–Crippen LogP) is 4.20. The van der Waals surface area contributed by atoms with E-state index >= 15 is 0 Å². The highest BCUT2D eigenvalue weighted by Gasteiger charge is 2.06. The average Bonchev–Trinajstić information content (AvgIpc) is 2.30. The third kappa shape index (κ3) is 4.99. The summed E-state index contributed by atoms with van der Waals surface area (Å²) in [4.78, 5) is 0.546. The second kappa shape index (κ2) is 7.59. The van der Waals surface area contributed by atoms with E-state index < -0.39 is 0 Å². The molecule has 0 spiro atoms. The molecule has 0 radical (unpaired) electrons. The van der Waals surface area contributed by atoms with Gasteiger partial charge in [-0.15, -0.1) is 0 Å². The van der Waals surface area contributed by atoms with Crippen LogP contribution in [0.25, 0.3) is 0 Å². The van der Waals surface area contributed by atoms with Gasteiger partial charge in [-0.05, 0) is 44.4 Å². The summed E-state index contributed by atoms with van der Waals surface area (Å²) >= 11 is 3.56. The van der Waals surface area contributed by atoms with Crippen LogP contribution < -0.4 is 9.47 Å². The number of hydrogen-bond acceptors (Lipinski definition) is 2. The van der Waals surface area contributed by atoms with E-state index in [9.17, 15) is 0 Å². The van der Waals surface area contributed by atoms with Gasteiger partial charge in [0.2, 0.25) is 0 Å². The first-order chi connectivity index (χ1) is 8.17. The van der Waals surface area contributed by atoms with Crippen molar-refractivity contribution >= 4 is 15.9 Å². The third-order valence-corrected chi connectivity index (χ3v) is 2.90. The van der Waals surface area contributed by atoms with Crippen LogP contribution in [0.4, 0.5) is 0 Å². The van der Waals surface area contributed by atoms with Crippen LogP contribution in [-0.2, 0) is 6.42 Å². The molecule has 0 aliphatic carbocycles. The Morgan fingerprint density at radius 3 is 2.35 bits per heavy atom. The zero-order chi connectivity index (χ0) is 12.7. The van der Waals surface area contributed by atoms with Crippen molar-refractivity contribution in [1.29, 1.82) is 0 Å². The molecule has 0 aliphatic rings. The summed E-state index contributed by atoms with van der Waals surface area (Å²) in [5.41, 5.74) is 1.29. The minimum absolute atomic E-state index is 0.546. The smallest absolute Gasteiger partial charge is 0.161 e. The van der Waals surface area contributed by atoms with Gasteiger partial charge >= 0.3 is 0 Å². The molecule has 0 aromatic heterocycles. The maximum atomic E-state index is 5.60. The van der Waals surface area contributed by atoms with Crippen molar-refractivity contribution in [2.24, 2.45) is 0 Å². The van der Waals surface area contributed by atoms with Gasteiger partial charge in [0, 0.05) is 4.83 Å². The highest BCUT2D eigenvalue weighted by molar-refractivity contribution is 9.09. The maximum Gasteiger partial charge on any atom is 0.161 e. The maximum absolute atomic E-state index is 5.60. The zero-order valence-electron chi connectivity index (χ0n) is 10.8. The lowest BCUT2D eigenvalue weighted by molar-refractivity contribution is 0.287. The van der Waals surface area contributed by atoms with E-state index in [0.717, 1.165) is 24.3 Å². The van der Waals surface area contributed by atoms with Crippen molar-refractivity contribution in [1.82, 2.24) is 0 Å². The SMILES string of the molecule is CCOc1ccc(CCC(C)Br)cc1OCC. The number of benzene rings is 1. The third-order valence-electron chi connectivity index (χ3n) is 2.44. The van der Waals surface area contributed by atoms with Gasteiger partial charge in [-0.25, -0.2) is 0 Å². The molecule has 1 unspecified atom stereocenters. The molecule has 0 N–H and O–H groups in total. The molecule has 17 heavy (non-hydrogen) atoms. The number of rotatable bonds is 7. The monoisotopic (exact) mass is 300 g/mol. The molecule has 96 valence electrons. The molecule has 0 aliphatic heterocycles. The van der Waals surface area contributed by atoms with Crippen LogP contribution in [0, 0.1) is 0 Å². The van der Waals surface area contributed by atoms with Gasteiger partial charge in [0.1, 0.15) is 0 Å². The highest BCUT2D eigenvalue weighted by Crippen LogP contribution is 2.29. The molecule has 1 atom stereocenters. The second-order valence-electron chi connectivity index (χ2n) is 3.97. The fourth-order valence-corrected chi connectivity index (χ4v) is 1.85. The number of hydrogen-bond donors (Lipinski definition) is 0. The Hall–Kier alpha value is -0.700. The predicted molar refractivity (Wildman–Crippen MR) is 75.5 cm³/mol. The molecule has 0 saturated heterocycles. The number of halogens is 1. The van der Waals surface area contributed by atoms with Crippen LogP contribution in [0.5, 0.6) is 11.5 Å². The summed E-state index contributed by atoms with van der Waals surface area (Å²) in [6, 6.07) is 6.20. The van der Waals surface area contributed by atoms with Gasteiger partial charge in [0.15, 0.2) is 11.5 Å². The summed E-state index contributed by atoms with van der Waals surface area (Å²) in [7, 11) is 0. The van der Waals surface area contributed by atoms with Gasteiger partial charge in [0.05, 0.1) is 13.2 Å². The Bertz CT molecular complexity index is 337. The fraction of sp³-hybridized carbons (Fsp3) is 0.571. The van der Waals surface area contributed by atoms with E-state index in [1.807, 2.05) is 19.9 Å². The molecule has 0 fully saturated rings. The lowest BCUT2D eigenvalue weighted by Crippen LogP contribution is -2.00. The summed E-state index contributed by atoms with van der Waals surface area (Å²) in [6.45, 7) is 7.47. The first-order valence-electron chi connectivity index (χ1n) is 6.20. The molecule has 1 aromatic carbocycles. The fourth-order valence-electron chi connectivity index (χ4n) is 1.62. The van der Waals surface area contributed by atoms with E-state index in [4.69, 9.17) is 9.47 Å². The van der Waals surface area contributed by atoms with Crippen molar-refractivity contribution in [3.8, 4) is 11.5 Å². The number of ether oxygens (including phenoxy) is 2. The van der Waals surface area contributed by atoms with Crippen LogP contribution in [0.1, 0.15) is 32.8 Å². The Morgan fingerprint density at radius 1 is 1.12 bits per heavy atom. The zero-order valence-corrected chi connectivity index (χ0v) is 12.4. The molecule has 0 saturated carbocycles. The highest BCUT2D eigenvalue weighted by atomic mass is 79.9. The minimum Gasteiger partial charge on any atom is -0.490 e. The van der Waals surface area contributed by atoms with E-state index in [0.29, 0.717) is 18.0 Å². The Morgan fingerprint density at radius 2 is 1.76 bits per heavy atom. The number of alkyl halides is 1. The Balaban J connectivity index is 2.77. The van der Waals surface area contributed by atoms with Crippen LogP contribution >= 0.6 is 15.9 Å². The van der Waals surface area contributed by atoms with E-state index in [-0.39, 0.29) is 0 Å². The van der Waals surface area contributed by atoms with E-state index in [1.165, 1.54) is 5.56 Å². The lowest BCUT2D eigenvalue weighted by atomic mass is 10.1. The molecule has 3 heteroatoms. The van der Waals surface area contributed by atoms with Gasteiger partial charge in [0.25, 0.3) is 0 Å². The van der Waals surface area contributed by atoms with E-state index in [1.54, 1.807) is 0 Å². The molecule has 1 aromatic rings. The summed E-state index contributed by atoms with van der Waals surface area (Å²) in [6.07, 6.45) is 2.18. The Kier molecular flexibility index (Phi) is 6.41. The average molecular weight is 301 g/mol. The molecule has 1 rings (SSSR count). The van der Waals surface area contributed by atoms with Crippen molar-refractivity contribution < 1.29 is 9.47 Å². The van der Waals surface area contributed by atoms with Crippen LogP contribution in [0.2, 0.25) is 0 Å². The first kappa shape index (κ1) is 14.4. The quantitative estimate of drug-likeness (QED) is 0.703. The van der Waals surface area contributed by atoms with E-state index in [2.05, 4.69) is 35.0 Å². The Labute approximate surface area is 112 Å². The summed E-state index contributed by atoms with van der Waals surface area (Å²) in [5, 5.41) is 0. The van der Waals surface area contributed by atoms with Crippen molar-refractivity contribution in [2.45, 2.75) is 38.4 Å². The second-order valence-corrected chi connectivity index (χ2v) is 5.53. The largest absolute Gasteiger partial charge is 0.490 e. The minimum atomic E-state index is 0.546. The van der Waals surface area contributed by atoms with Crippen LogP contribution in [-0.4, -0.2) is 18.0 Å². The molecule has 2 nitrogen and oxygen atoms in total. The standard InChI is InChI=1S/C14H21BrO2/c1-4-16-13-9-8-12(7-6-11(3)15)10-14(13)17-5-2/h8-11H,4-7H2,1-3H3. The molecule has 0 amide bonds. The molecule has 0 bridgehead atoms. The van der Waals surface area contributed by atoms with Crippen molar-refractivity contribution in [3.63, 3.8) is 0 Å². The van der Waals surface area contributed by atoms with Gasteiger partial charge < -0.3 is 9.47 Å². The summed E-state index contributed by atoms with van der Waals surface area (Å²) < 4.78 is 11.1. The topological polar surface area (TPSA) is 18.5 Å². The van der Waals surface area contributed by atoms with Gasteiger partial charge in [-0.3, -0.25) is 0 Å². The summed E-state index contributed by atoms with van der Waals surface area (Å²) in [5.74, 6) is 1.69. The normalized spacial score (nSPS) is 12.2.